The van der Waals surface area contributed by atoms with E-state index in [1.54, 1.807) is 30.3 Å². The number of anilines is 1. The number of hydrogen-bond donors (Lipinski definition) is 2. The number of hydrogen-bond acceptors (Lipinski definition) is 2. The summed E-state index contributed by atoms with van der Waals surface area (Å²) in [5.74, 6) is 4.43. The van der Waals surface area contributed by atoms with E-state index in [0.29, 0.717) is 11.3 Å². The van der Waals surface area contributed by atoms with Crippen molar-refractivity contribution in [2.24, 2.45) is 5.73 Å². The largest absolute Gasteiger partial charge is 0.322 e. The van der Waals surface area contributed by atoms with Crippen LogP contribution >= 0.6 is 0 Å². The Hall–Kier alpha value is -2.64. The first-order chi connectivity index (χ1) is 9.70. The highest BCUT2D eigenvalue weighted by Crippen LogP contribution is 2.15. The monoisotopic (exact) mass is 268 g/mol. The first kappa shape index (κ1) is 13.8. The van der Waals surface area contributed by atoms with Crippen LogP contribution in [0.1, 0.15) is 15.9 Å². The molecule has 0 aliphatic heterocycles. The molecule has 0 spiro atoms. The van der Waals surface area contributed by atoms with Crippen LogP contribution in [0.25, 0.3) is 0 Å². The van der Waals surface area contributed by atoms with Crippen molar-refractivity contribution in [3.63, 3.8) is 0 Å². The molecule has 0 unspecified atom stereocenters. The van der Waals surface area contributed by atoms with Crippen molar-refractivity contribution in [2.75, 3.05) is 11.9 Å². The molecule has 0 heterocycles. The van der Waals surface area contributed by atoms with Crippen molar-refractivity contribution in [1.29, 1.82) is 0 Å². The third kappa shape index (κ3) is 3.44. The molecule has 0 bridgehead atoms. The molecular weight excluding hydrogens is 255 g/mol. The fraction of sp³-hybridized carbons (Fsp3) is 0.0625. The highest BCUT2D eigenvalue weighted by Gasteiger charge is 2.07. The summed E-state index contributed by atoms with van der Waals surface area (Å²) in [6.45, 7) is 0.173. The minimum absolute atomic E-state index is 0.173. The summed E-state index contributed by atoms with van der Waals surface area (Å²) in [5.41, 5.74) is 6.39. The number of nitrogens with two attached hydrogens (primary N) is 1. The lowest BCUT2D eigenvalue weighted by Gasteiger charge is -2.06. The van der Waals surface area contributed by atoms with E-state index in [-0.39, 0.29) is 18.0 Å². The number of nitrogens with one attached hydrogen (secondary N) is 1. The first-order valence-electron chi connectivity index (χ1n) is 6.05. The van der Waals surface area contributed by atoms with Gasteiger partial charge in [0.15, 0.2) is 0 Å². The average molecular weight is 268 g/mol. The van der Waals surface area contributed by atoms with Gasteiger partial charge in [0.1, 0.15) is 5.82 Å². The van der Waals surface area contributed by atoms with Crippen LogP contribution in [0.4, 0.5) is 10.1 Å². The zero-order valence-corrected chi connectivity index (χ0v) is 10.7. The van der Waals surface area contributed by atoms with Gasteiger partial charge in [0, 0.05) is 11.3 Å². The van der Waals surface area contributed by atoms with E-state index in [1.807, 2.05) is 6.07 Å². The van der Waals surface area contributed by atoms with E-state index >= 15 is 0 Å². The number of halogens is 1. The number of carbonyl (C=O) groups excluding carboxylic acids is 1. The molecular formula is C16H13FN2O. The van der Waals surface area contributed by atoms with Gasteiger partial charge >= 0.3 is 0 Å². The molecule has 0 aliphatic rings. The summed E-state index contributed by atoms with van der Waals surface area (Å²) in [7, 11) is 0. The molecule has 1 amide bonds. The average Bonchev–Trinajstić information content (AvgIpc) is 2.47. The van der Waals surface area contributed by atoms with Crippen LogP contribution in [-0.2, 0) is 0 Å². The lowest BCUT2D eigenvalue weighted by molar-refractivity contribution is 0.102. The Bertz CT molecular complexity index is 672. The van der Waals surface area contributed by atoms with Crippen molar-refractivity contribution in [3.8, 4) is 11.8 Å². The van der Waals surface area contributed by atoms with Crippen molar-refractivity contribution in [2.45, 2.75) is 0 Å². The van der Waals surface area contributed by atoms with Gasteiger partial charge in [0.25, 0.3) is 5.91 Å². The highest BCUT2D eigenvalue weighted by molar-refractivity contribution is 6.04. The normalized spacial score (nSPS) is 9.50. The van der Waals surface area contributed by atoms with E-state index in [2.05, 4.69) is 17.2 Å². The maximum Gasteiger partial charge on any atom is 0.255 e. The molecule has 0 aliphatic carbocycles. The van der Waals surface area contributed by atoms with Crippen LogP contribution in [0, 0.1) is 17.7 Å². The molecule has 3 nitrogen and oxygen atoms in total. The highest BCUT2D eigenvalue weighted by atomic mass is 19.1. The molecule has 0 saturated carbocycles. The molecule has 3 N–H and O–H groups in total. The minimum Gasteiger partial charge on any atom is -0.322 e. The molecule has 2 aromatic carbocycles. The number of amides is 1. The second-order valence-corrected chi connectivity index (χ2v) is 4.02. The Balaban J connectivity index is 2.15. The molecule has 20 heavy (non-hydrogen) atoms. The maximum atomic E-state index is 13.7. The molecule has 2 aromatic rings. The second-order valence-electron chi connectivity index (χ2n) is 4.02. The Morgan fingerprint density at radius 3 is 2.60 bits per heavy atom. The summed E-state index contributed by atoms with van der Waals surface area (Å²) < 4.78 is 13.7. The Morgan fingerprint density at radius 1 is 1.20 bits per heavy atom. The van der Waals surface area contributed by atoms with Gasteiger partial charge in [0.2, 0.25) is 0 Å². The minimum atomic E-state index is -0.489. The third-order valence-corrected chi connectivity index (χ3v) is 2.59. The van der Waals surface area contributed by atoms with Crippen molar-refractivity contribution < 1.29 is 9.18 Å². The standard InChI is InChI=1S/C16H13FN2O/c17-15-11-14(9-8-12(15)7-4-10-18)19-16(20)13-5-2-1-3-6-13/h1-3,5-6,8-9,11H,10,18H2,(H,19,20). The maximum absolute atomic E-state index is 13.7. The summed E-state index contributed by atoms with van der Waals surface area (Å²) in [6, 6.07) is 13.1. The molecule has 0 fully saturated rings. The molecule has 2 rings (SSSR count). The Labute approximate surface area is 116 Å². The quantitative estimate of drug-likeness (QED) is 0.822. The summed E-state index contributed by atoms with van der Waals surface area (Å²) in [5, 5.41) is 2.63. The van der Waals surface area contributed by atoms with Gasteiger partial charge in [-0.2, -0.15) is 0 Å². The van der Waals surface area contributed by atoms with E-state index in [4.69, 9.17) is 5.73 Å². The van der Waals surface area contributed by atoms with E-state index in [0.717, 1.165) is 0 Å². The van der Waals surface area contributed by atoms with Gasteiger partial charge in [-0.25, -0.2) is 4.39 Å². The number of rotatable bonds is 2. The van der Waals surface area contributed by atoms with E-state index < -0.39 is 5.82 Å². The van der Waals surface area contributed by atoms with Crippen LogP contribution < -0.4 is 11.1 Å². The Kier molecular flexibility index (Phi) is 4.48. The molecule has 0 atom stereocenters. The van der Waals surface area contributed by atoms with Crippen LogP contribution in [0.15, 0.2) is 48.5 Å². The number of benzene rings is 2. The molecule has 0 aromatic heterocycles. The van der Waals surface area contributed by atoms with Crippen molar-refractivity contribution in [3.05, 3.63) is 65.5 Å². The van der Waals surface area contributed by atoms with Gasteiger partial charge in [-0.05, 0) is 30.3 Å². The SMILES string of the molecule is NCC#Cc1ccc(NC(=O)c2ccccc2)cc1F. The predicted octanol–water partition coefficient (Wildman–Crippen LogP) is 2.39. The summed E-state index contributed by atoms with van der Waals surface area (Å²) in [6.07, 6.45) is 0. The zero-order chi connectivity index (χ0) is 14.4. The van der Waals surface area contributed by atoms with Crippen molar-refractivity contribution in [1.82, 2.24) is 0 Å². The van der Waals surface area contributed by atoms with Crippen LogP contribution in [0.5, 0.6) is 0 Å². The Morgan fingerprint density at radius 2 is 1.95 bits per heavy atom. The predicted molar refractivity (Wildman–Crippen MR) is 76.7 cm³/mol. The van der Waals surface area contributed by atoms with Crippen LogP contribution in [-0.4, -0.2) is 12.5 Å². The van der Waals surface area contributed by atoms with E-state index in [9.17, 15) is 9.18 Å². The first-order valence-corrected chi connectivity index (χ1v) is 6.05. The van der Waals surface area contributed by atoms with Gasteiger partial charge in [-0.1, -0.05) is 30.0 Å². The van der Waals surface area contributed by atoms with Crippen LogP contribution in [0.2, 0.25) is 0 Å². The topological polar surface area (TPSA) is 55.1 Å². The fourth-order valence-electron chi connectivity index (χ4n) is 1.63. The third-order valence-electron chi connectivity index (χ3n) is 2.59. The van der Waals surface area contributed by atoms with Gasteiger partial charge in [-0.15, -0.1) is 0 Å². The van der Waals surface area contributed by atoms with Crippen LogP contribution in [0.3, 0.4) is 0 Å². The zero-order valence-electron chi connectivity index (χ0n) is 10.7. The molecule has 4 heteroatoms. The van der Waals surface area contributed by atoms with Gasteiger partial charge in [-0.3, -0.25) is 4.79 Å². The van der Waals surface area contributed by atoms with Gasteiger partial charge < -0.3 is 11.1 Å². The van der Waals surface area contributed by atoms with Crippen molar-refractivity contribution >= 4 is 11.6 Å². The van der Waals surface area contributed by atoms with Gasteiger partial charge in [0.05, 0.1) is 12.1 Å². The lowest BCUT2D eigenvalue weighted by Crippen LogP contribution is -2.11. The fourth-order valence-corrected chi connectivity index (χ4v) is 1.63. The molecule has 0 radical (unpaired) electrons. The molecule has 0 saturated heterocycles. The smallest absolute Gasteiger partial charge is 0.255 e. The number of carbonyl (C=O) groups is 1. The summed E-state index contributed by atoms with van der Waals surface area (Å²) in [4.78, 5) is 11.9. The van der Waals surface area contributed by atoms with E-state index in [1.165, 1.54) is 12.1 Å². The molecule has 100 valence electrons. The summed E-state index contributed by atoms with van der Waals surface area (Å²) >= 11 is 0. The lowest BCUT2D eigenvalue weighted by atomic mass is 10.1. The second kappa shape index (κ2) is 6.50.